The van der Waals surface area contributed by atoms with E-state index in [-0.39, 0.29) is 11.6 Å². The minimum atomic E-state index is 0.0278. The molecule has 0 aliphatic carbocycles. The van der Waals surface area contributed by atoms with Crippen LogP contribution >= 0.6 is 0 Å². The quantitative estimate of drug-likeness (QED) is 0.935. The van der Waals surface area contributed by atoms with Crippen molar-refractivity contribution >= 4 is 0 Å². The molecule has 2 heteroatoms. The molecule has 0 unspecified atom stereocenters. The Morgan fingerprint density at radius 1 is 0.909 bits per heavy atom. The smallest absolute Gasteiger partial charge is 0.0618 e. The number of rotatable bonds is 3. The van der Waals surface area contributed by atoms with Crippen LogP contribution in [0.15, 0.2) is 60.7 Å². The van der Waals surface area contributed by atoms with E-state index in [2.05, 4.69) is 65.6 Å². The highest BCUT2D eigenvalue weighted by Gasteiger charge is 2.53. The van der Waals surface area contributed by atoms with Gasteiger partial charge in [-0.25, -0.2) is 0 Å². The van der Waals surface area contributed by atoms with E-state index in [0.717, 1.165) is 13.0 Å². The monoisotopic (exact) mass is 292 g/mol. The van der Waals surface area contributed by atoms with Gasteiger partial charge in [-0.2, -0.15) is 0 Å². The largest absolute Gasteiger partial charge is 0.326 e. The lowest BCUT2D eigenvalue weighted by Crippen LogP contribution is -2.58. The zero-order valence-corrected chi connectivity index (χ0v) is 13.0. The Hall–Kier alpha value is -1.64. The minimum Gasteiger partial charge on any atom is -0.326 e. The van der Waals surface area contributed by atoms with E-state index in [1.165, 1.54) is 30.4 Å². The van der Waals surface area contributed by atoms with Crippen LogP contribution in [0.3, 0.4) is 0 Å². The fourth-order valence-electron chi connectivity index (χ4n) is 4.62. The number of benzene rings is 2. The molecule has 2 aliphatic heterocycles. The third kappa shape index (κ3) is 2.10. The second kappa shape index (κ2) is 5.53. The van der Waals surface area contributed by atoms with Crippen LogP contribution < -0.4 is 5.73 Å². The summed E-state index contributed by atoms with van der Waals surface area (Å²) in [6, 6.07) is 22.7. The van der Waals surface area contributed by atoms with E-state index in [4.69, 9.17) is 5.73 Å². The lowest BCUT2D eigenvalue weighted by molar-refractivity contribution is 0.0247. The first-order valence-electron chi connectivity index (χ1n) is 8.42. The molecule has 2 saturated heterocycles. The van der Waals surface area contributed by atoms with Gasteiger partial charge in [0.25, 0.3) is 0 Å². The van der Waals surface area contributed by atoms with Crippen LogP contribution in [0, 0.1) is 0 Å². The molecule has 0 saturated carbocycles. The average molecular weight is 292 g/mol. The summed E-state index contributed by atoms with van der Waals surface area (Å²) in [6.07, 6.45) is 4.85. The van der Waals surface area contributed by atoms with E-state index in [1.54, 1.807) is 0 Å². The van der Waals surface area contributed by atoms with Crippen LogP contribution in [0.4, 0.5) is 0 Å². The van der Waals surface area contributed by atoms with Crippen molar-refractivity contribution in [3.8, 4) is 0 Å². The van der Waals surface area contributed by atoms with Gasteiger partial charge in [0.1, 0.15) is 0 Å². The molecule has 2 fully saturated rings. The van der Waals surface area contributed by atoms with Crippen molar-refractivity contribution in [2.24, 2.45) is 5.73 Å². The number of piperidine rings is 1. The molecule has 0 radical (unpaired) electrons. The standard InChI is InChI=1S/C20H24N2/c21-19-12-11-18-13-14-20(19,17-9-5-2-6-10-17)22(18)15-16-7-3-1-4-8-16/h1-10,18-19H,11-15,21H2/t18-,19+,20+/m0/s1. The molecule has 2 aromatic carbocycles. The average Bonchev–Trinajstić information content (AvgIpc) is 2.84. The number of hydrogen-bond acceptors (Lipinski definition) is 2. The van der Waals surface area contributed by atoms with Gasteiger partial charge in [0.15, 0.2) is 0 Å². The van der Waals surface area contributed by atoms with Gasteiger partial charge in [-0.3, -0.25) is 4.90 Å². The van der Waals surface area contributed by atoms with Crippen molar-refractivity contribution < 1.29 is 0 Å². The van der Waals surface area contributed by atoms with Gasteiger partial charge >= 0.3 is 0 Å². The summed E-state index contributed by atoms with van der Waals surface area (Å²) < 4.78 is 0. The zero-order valence-electron chi connectivity index (χ0n) is 13.0. The Bertz CT molecular complexity index is 625. The Balaban J connectivity index is 1.75. The normalized spacial score (nSPS) is 31.3. The van der Waals surface area contributed by atoms with Crippen LogP contribution in [0.25, 0.3) is 0 Å². The maximum Gasteiger partial charge on any atom is 0.0618 e. The Morgan fingerprint density at radius 3 is 2.32 bits per heavy atom. The zero-order chi connectivity index (χ0) is 15.0. The van der Waals surface area contributed by atoms with Crippen LogP contribution in [0.2, 0.25) is 0 Å². The van der Waals surface area contributed by atoms with Crippen molar-refractivity contribution in [3.63, 3.8) is 0 Å². The van der Waals surface area contributed by atoms with E-state index in [0.29, 0.717) is 6.04 Å². The summed E-state index contributed by atoms with van der Waals surface area (Å²) >= 11 is 0. The number of fused-ring (bicyclic) bond motifs is 2. The SMILES string of the molecule is N[C@@H]1CC[C@H]2CC[C@]1(c1ccccc1)N2Cc1ccccc1. The van der Waals surface area contributed by atoms with Gasteiger partial charge in [-0.1, -0.05) is 60.7 Å². The molecule has 2 nitrogen and oxygen atoms in total. The predicted molar refractivity (Wildman–Crippen MR) is 90.3 cm³/mol. The van der Waals surface area contributed by atoms with Crippen molar-refractivity contribution in [1.82, 2.24) is 4.90 Å². The highest BCUT2D eigenvalue weighted by atomic mass is 15.3. The van der Waals surface area contributed by atoms with E-state index >= 15 is 0 Å². The maximum atomic E-state index is 6.69. The van der Waals surface area contributed by atoms with Crippen LogP contribution in [0.5, 0.6) is 0 Å². The number of nitrogens with two attached hydrogens (primary N) is 1. The number of hydrogen-bond donors (Lipinski definition) is 1. The summed E-state index contributed by atoms with van der Waals surface area (Å²) in [5.41, 5.74) is 9.51. The van der Waals surface area contributed by atoms with E-state index < -0.39 is 0 Å². The molecular weight excluding hydrogens is 268 g/mol. The fourth-order valence-corrected chi connectivity index (χ4v) is 4.62. The summed E-state index contributed by atoms with van der Waals surface area (Å²) in [7, 11) is 0. The molecule has 2 bridgehead atoms. The molecule has 0 spiro atoms. The molecular formula is C20H24N2. The topological polar surface area (TPSA) is 29.3 Å². The van der Waals surface area contributed by atoms with Gasteiger partial charge in [0.2, 0.25) is 0 Å². The molecule has 2 aliphatic rings. The van der Waals surface area contributed by atoms with Crippen molar-refractivity contribution in [3.05, 3.63) is 71.8 Å². The molecule has 3 atom stereocenters. The summed E-state index contributed by atoms with van der Waals surface area (Å²) in [5, 5.41) is 0. The second-order valence-corrected chi connectivity index (χ2v) is 6.78. The summed E-state index contributed by atoms with van der Waals surface area (Å²) in [5.74, 6) is 0. The fraction of sp³-hybridized carbons (Fsp3) is 0.400. The first-order chi connectivity index (χ1) is 10.8. The van der Waals surface area contributed by atoms with Crippen molar-refractivity contribution in [2.75, 3.05) is 0 Å². The Kier molecular flexibility index (Phi) is 3.51. The molecule has 4 rings (SSSR count). The van der Waals surface area contributed by atoms with Crippen LogP contribution in [0.1, 0.15) is 36.8 Å². The lowest BCUT2D eigenvalue weighted by Gasteiger charge is -2.49. The Labute approximate surface area is 132 Å². The molecule has 2 N–H and O–H groups in total. The third-order valence-corrected chi connectivity index (χ3v) is 5.71. The highest BCUT2D eigenvalue weighted by Crippen LogP contribution is 2.50. The van der Waals surface area contributed by atoms with E-state index in [9.17, 15) is 0 Å². The minimum absolute atomic E-state index is 0.0278. The molecule has 2 heterocycles. The lowest BCUT2D eigenvalue weighted by atomic mass is 9.77. The van der Waals surface area contributed by atoms with Crippen molar-refractivity contribution in [2.45, 2.75) is 49.9 Å². The van der Waals surface area contributed by atoms with Crippen LogP contribution in [-0.4, -0.2) is 17.0 Å². The van der Waals surface area contributed by atoms with Gasteiger partial charge < -0.3 is 5.73 Å². The van der Waals surface area contributed by atoms with Gasteiger partial charge in [0, 0.05) is 18.6 Å². The molecule has 114 valence electrons. The summed E-state index contributed by atoms with van der Waals surface area (Å²) in [4.78, 5) is 2.70. The Morgan fingerprint density at radius 2 is 1.59 bits per heavy atom. The molecule has 0 amide bonds. The third-order valence-electron chi connectivity index (χ3n) is 5.71. The van der Waals surface area contributed by atoms with Gasteiger partial charge in [-0.15, -0.1) is 0 Å². The first-order valence-corrected chi connectivity index (χ1v) is 8.42. The van der Waals surface area contributed by atoms with Gasteiger partial charge in [-0.05, 0) is 36.8 Å². The van der Waals surface area contributed by atoms with Gasteiger partial charge in [0.05, 0.1) is 5.54 Å². The first kappa shape index (κ1) is 14.0. The highest BCUT2D eigenvalue weighted by molar-refractivity contribution is 5.31. The molecule has 0 aromatic heterocycles. The summed E-state index contributed by atoms with van der Waals surface area (Å²) in [6.45, 7) is 1.01. The predicted octanol–water partition coefficient (Wildman–Crippen LogP) is 3.67. The second-order valence-electron chi connectivity index (χ2n) is 6.78. The van der Waals surface area contributed by atoms with E-state index in [1.807, 2.05) is 0 Å². The maximum absolute atomic E-state index is 6.69. The van der Waals surface area contributed by atoms with Crippen molar-refractivity contribution in [1.29, 1.82) is 0 Å². The van der Waals surface area contributed by atoms with Crippen LogP contribution in [-0.2, 0) is 12.1 Å². The number of nitrogens with zero attached hydrogens (tertiary/aromatic N) is 1. The molecule has 2 aromatic rings. The molecule has 22 heavy (non-hydrogen) atoms.